The van der Waals surface area contributed by atoms with Crippen LogP contribution < -0.4 is 15.0 Å². The van der Waals surface area contributed by atoms with Gasteiger partial charge in [-0.3, -0.25) is 19.1 Å². The molecule has 0 bridgehead atoms. The molecule has 8 nitrogen and oxygen atoms in total. The fraction of sp³-hybridized carbons (Fsp3) is 0.138. The third-order valence-corrected chi connectivity index (χ3v) is 6.13. The fourth-order valence-corrected chi connectivity index (χ4v) is 4.29. The molecule has 0 aliphatic carbocycles. The highest BCUT2D eigenvalue weighted by molar-refractivity contribution is 5.98. The summed E-state index contributed by atoms with van der Waals surface area (Å²) in [4.78, 5) is 39.4. The summed E-state index contributed by atoms with van der Waals surface area (Å²) >= 11 is 0. The van der Waals surface area contributed by atoms with E-state index in [1.165, 1.54) is 60.5 Å². The highest BCUT2D eigenvalue weighted by Gasteiger charge is 2.21. The minimum absolute atomic E-state index is 0.0665. The molecule has 5 aromatic rings. The van der Waals surface area contributed by atoms with Crippen LogP contribution in [0.3, 0.4) is 0 Å². The van der Waals surface area contributed by atoms with Gasteiger partial charge in [0.15, 0.2) is 23.1 Å². The summed E-state index contributed by atoms with van der Waals surface area (Å²) in [6, 6.07) is 12.7. The lowest BCUT2D eigenvalue weighted by atomic mass is 10.0. The Morgan fingerprint density at radius 2 is 1.74 bits per heavy atom. The molecule has 0 aliphatic rings. The van der Waals surface area contributed by atoms with Crippen molar-refractivity contribution in [1.82, 2.24) is 19.5 Å². The Labute approximate surface area is 221 Å². The Morgan fingerprint density at radius 3 is 2.46 bits per heavy atom. The standard InChI is InChI=1S/C29H22F2N4O4/c1-16-27(29(37)35(17(2)34-16)20-7-5-19(30)6-8-20)24(36)13-18-4-9-25(22(31)12-18)39-26-10-11-32-23-14-21(38-3)15-33-28(23)26/h4-12,14-15H,13H2,1-3H3. The van der Waals surface area contributed by atoms with E-state index in [0.717, 1.165) is 0 Å². The van der Waals surface area contributed by atoms with Gasteiger partial charge >= 0.3 is 0 Å². The number of aryl methyl sites for hydroxylation is 2. The number of pyridine rings is 2. The summed E-state index contributed by atoms with van der Waals surface area (Å²) < 4.78 is 40.6. The molecule has 0 aliphatic heterocycles. The maximum Gasteiger partial charge on any atom is 0.269 e. The molecule has 10 heteroatoms. The molecule has 0 saturated heterocycles. The van der Waals surface area contributed by atoms with Gasteiger partial charge in [0.25, 0.3) is 5.56 Å². The molecule has 0 atom stereocenters. The number of Topliss-reactive ketones (excluding diaryl/α,β-unsaturated/α-hetero) is 1. The number of ketones is 1. The van der Waals surface area contributed by atoms with Crippen LogP contribution in [0.4, 0.5) is 8.78 Å². The Balaban J connectivity index is 1.41. The highest BCUT2D eigenvalue weighted by atomic mass is 19.1. The second kappa shape index (κ2) is 10.4. The van der Waals surface area contributed by atoms with Gasteiger partial charge in [-0.15, -0.1) is 0 Å². The first-order chi connectivity index (χ1) is 18.7. The van der Waals surface area contributed by atoms with Crippen molar-refractivity contribution >= 4 is 16.8 Å². The van der Waals surface area contributed by atoms with Gasteiger partial charge in [-0.1, -0.05) is 6.07 Å². The van der Waals surface area contributed by atoms with Gasteiger partial charge in [0.1, 0.15) is 28.5 Å². The first-order valence-electron chi connectivity index (χ1n) is 11.9. The number of halogens is 2. The normalized spacial score (nSPS) is 11.0. The van der Waals surface area contributed by atoms with Crippen molar-refractivity contribution in [3.05, 3.63) is 112 Å². The largest absolute Gasteiger partial charge is 0.495 e. The van der Waals surface area contributed by atoms with E-state index in [4.69, 9.17) is 9.47 Å². The van der Waals surface area contributed by atoms with Gasteiger partial charge in [0.2, 0.25) is 0 Å². The number of hydrogen-bond acceptors (Lipinski definition) is 7. The molecule has 0 N–H and O–H groups in total. The maximum atomic E-state index is 15.0. The number of methoxy groups -OCH3 is 1. The number of ether oxygens (including phenoxy) is 2. The number of carbonyl (C=O) groups excluding carboxylic acids is 1. The number of rotatable bonds is 7. The van der Waals surface area contributed by atoms with E-state index in [1.807, 2.05) is 0 Å². The first kappa shape index (κ1) is 25.7. The topological polar surface area (TPSA) is 96.2 Å². The fourth-order valence-electron chi connectivity index (χ4n) is 4.29. The SMILES string of the molecule is COc1cnc2c(Oc3ccc(CC(=O)c4c(C)nc(C)n(-c5ccc(F)cc5)c4=O)cc3F)ccnc2c1. The maximum absolute atomic E-state index is 15.0. The van der Waals surface area contributed by atoms with Crippen LogP contribution in [0.2, 0.25) is 0 Å². The molecule has 0 spiro atoms. The molecule has 0 fully saturated rings. The smallest absolute Gasteiger partial charge is 0.269 e. The molecule has 0 amide bonds. The molecular weight excluding hydrogens is 506 g/mol. The van der Waals surface area contributed by atoms with E-state index < -0.39 is 23.0 Å². The first-order valence-corrected chi connectivity index (χ1v) is 11.9. The lowest BCUT2D eigenvalue weighted by molar-refractivity contribution is 0.0990. The van der Waals surface area contributed by atoms with Gasteiger partial charge in [-0.25, -0.2) is 18.7 Å². The van der Waals surface area contributed by atoms with Crippen molar-refractivity contribution in [2.75, 3.05) is 7.11 Å². The highest BCUT2D eigenvalue weighted by Crippen LogP contribution is 2.31. The quantitative estimate of drug-likeness (QED) is 0.265. The second-order valence-electron chi connectivity index (χ2n) is 8.76. The van der Waals surface area contributed by atoms with Crippen molar-refractivity contribution in [3.8, 4) is 22.9 Å². The average Bonchev–Trinajstić information content (AvgIpc) is 2.90. The van der Waals surface area contributed by atoms with Crippen molar-refractivity contribution in [2.45, 2.75) is 20.3 Å². The van der Waals surface area contributed by atoms with Crippen molar-refractivity contribution in [3.63, 3.8) is 0 Å². The van der Waals surface area contributed by atoms with Crippen LogP contribution in [-0.4, -0.2) is 32.4 Å². The van der Waals surface area contributed by atoms with Gasteiger partial charge in [-0.2, -0.15) is 0 Å². The Bertz CT molecular complexity index is 1790. The van der Waals surface area contributed by atoms with Crippen LogP contribution >= 0.6 is 0 Å². The van der Waals surface area contributed by atoms with Crippen LogP contribution in [0.25, 0.3) is 16.7 Å². The van der Waals surface area contributed by atoms with Crippen LogP contribution in [0.5, 0.6) is 17.2 Å². The minimum Gasteiger partial charge on any atom is -0.495 e. The Kier molecular flexibility index (Phi) is 6.84. The molecule has 39 heavy (non-hydrogen) atoms. The average molecular weight is 529 g/mol. The van der Waals surface area contributed by atoms with E-state index in [-0.39, 0.29) is 23.4 Å². The van der Waals surface area contributed by atoms with Crippen molar-refractivity contribution in [2.24, 2.45) is 0 Å². The summed E-state index contributed by atoms with van der Waals surface area (Å²) in [6.07, 6.45) is 2.79. The number of nitrogens with zero attached hydrogens (tertiary/aromatic N) is 4. The Morgan fingerprint density at radius 1 is 0.974 bits per heavy atom. The lowest BCUT2D eigenvalue weighted by Gasteiger charge is -2.13. The van der Waals surface area contributed by atoms with Crippen molar-refractivity contribution in [1.29, 1.82) is 0 Å². The number of benzene rings is 2. The summed E-state index contributed by atoms with van der Waals surface area (Å²) in [7, 11) is 1.52. The number of carbonyl (C=O) groups is 1. The molecule has 196 valence electrons. The summed E-state index contributed by atoms with van der Waals surface area (Å²) in [6.45, 7) is 3.19. The number of hydrogen-bond donors (Lipinski definition) is 0. The van der Waals surface area contributed by atoms with E-state index >= 15 is 4.39 Å². The van der Waals surface area contributed by atoms with Crippen LogP contribution in [0.15, 0.2) is 71.8 Å². The minimum atomic E-state index is -0.693. The summed E-state index contributed by atoms with van der Waals surface area (Å²) in [5.74, 6) is -0.561. The zero-order chi connectivity index (χ0) is 27.7. The van der Waals surface area contributed by atoms with Gasteiger partial charge < -0.3 is 9.47 Å². The molecule has 0 radical (unpaired) electrons. The zero-order valence-electron chi connectivity index (χ0n) is 21.2. The van der Waals surface area contributed by atoms with Crippen molar-refractivity contribution < 1.29 is 23.0 Å². The summed E-state index contributed by atoms with van der Waals surface area (Å²) in [5, 5.41) is 0. The van der Waals surface area contributed by atoms with E-state index in [2.05, 4.69) is 15.0 Å². The molecule has 5 rings (SSSR count). The number of aromatic nitrogens is 4. The van der Waals surface area contributed by atoms with Gasteiger partial charge in [-0.05, 0) is 55.8 Å². The zero-order valence-corrected chi connectivity index (χ0v) is 21.2. The third-order valence-electron chi connectivity index (χ3n) is 6.13. The van der Waals surface area contributed by atoms with E-state index in [9.17, 15) is 14.0 Å². The second-order valence-corrected chi connectivity index (χ2v) is 8.76. The molecule has 3 heterocycles. The molecule has 0 unspecified atom stereocenters. The molecule has 3 aromatic heterocycles. The van der Waals surface area contributed by atoms with Crippen LogP contribution in [0.1, 0.15) is 27.4 Å². The van der Waals surface area contributed by atoms with Crippen LogP contribution in [-0.2, 0) is 6.42 Å². The molecular formula is C29H22F2N4O4. The predicted molar refractivity (Wildman–Crippen MR) is 140 cm³/mol. The van der Waals surface area contributed by atoms with E-state index in [0.29, 0.717) is 39.6 Å². The molecule has 2 aromatic carbocycles. The third kappa shape index (κ3) is 5.08. The number of fused-ring (bicyclic) bond motifs is 1. The van der Waals surface area contributed by atoms with Crippen LogP contribution in [0, 0.1) is 25.5 Å². The monoisotopic (exact) mass is 528 g/mol. The Hall–Kier alpha value is -4.99. The van der Waals surface area contributed by atoms with E-state index in [1.54, 1.807) is 32.0 Å². The lowest BCUT2D eigenvalue weighted by Crippen LogP contribution is -2.30. The summed E-state index contributed by atoms with van der Waals surface area (Å²) in [5.41, 5.74) is 1.24. The van der Waals surface area contributed by atoms with Gasteiger partial charge in [0, 0.05) is 24.8 Å². The van der Waals surface area contributed by atoms with Gasteiger partial charge in [0.05, 0.1) is 30.2 Å². The predicted octanol–water partition coefficient (Wildman–Crippen LogP) is 5.30. The molecule has 0 saturated carbocycles.